The van der Waals surface area contributed by atoms with Crippen molar-refractivity contribution in [3.8, 4) is 11.5 Å². The zero-order valence-electron chi connectivity index (χ0n) is 16.7. The fourth-order valence-electron chi connectivity index (χ4n) is 2.70. The molecule has 0 spiro atoms. The van der Waals surface area contributed by atoms with Crippen LogP contribution in [0.2, 0.25) is 0 Å². The SMILES string of the molecule is COc1cc(CCC(=O)NNC(=O)CNc2ccc(C)cc2C)cc(OC)c1. The van der Waals surface area contributed by atoms with Gasteiger partial charge in [0, 0.05) is 18.2 Å². The Kier molecular flexibility index (Phi) is 7.68. The van der Waals surface area contributed by atoms with E-state index in [2.05, 4.69) is 16.2 Å². The summed E-state index contributed by atoms with van der Waals surface area (Å²) in [6.07, 6.45) is 0.719. The van der Waals surface area contributed by atoms with Crippen LogP contribution in [0.25, 0.3) is 0 Å². The number of carbonyl (C=O) groups excluding carboxylic acids is 2. The van der Waals surface area contributed by atoms with E-state index in [1.54, 1.807) is 20.3 Å². The lowest BCUT2D eigenvalue weighted by molar-refractivity contribution is -0.128. The average Bonchev–Trinajstić information content (AvgIpc) is 2.69. The Labute approximate surface area is 165 Å². The summed E-state index contributed by atoms with van der Waals surface area (Å²) in [5.41, 5.74) is 8.86. The number of benzene rings is 2. The van der Waals surface area contributed by atoms with Gasteiger partial charge in [-0.1, -0.05) is 17.7 Å². The maximum Gasteiger partial charge on any atom is 0.257 e. The number of carbonyl (C=O) groups is 2. The molecule has 0 saturated heterocycles. The highest BCUT2D eigenvalue weighted by molar-refractivity contribution is 5.84. The first-order valence-electron chi connectivity index (χ1n) is 9.02. The van der Waals surface area contributed by atoms with Crippen molar-refractivity contribution in [1.82, 2.24) is 10.9 Å². The standard InChI is InChI=1S/C21H27N3O4/c1-14-5-7-19(15(2)9-14)22-13-21(26)24-23-20(25)8-6-16-10-17(27-3)12-18(11-16)28-4/h5,7,9-12,22H,6,8,13H2,1-4H3,(H,23,25)(H,24,26). The summed E-state index contributed by atoms with van der Waals surface area (Å²) in [6, 6.07) is 11.4. The zero-order valence-corrected chi connectivity index (χ0v) is 16.7. The van der Waals surface area contributed by atoms with E-state index in [9.17, 15) is 9.59 Å². The van der Waals surface area contributed by atoms with Gasteiger partial charge in [-0.2, -0.15) is 0 Å². The summed E-state index contributed by atoms with van der Waals surface area (Å²) in [7, 11) is 3.15. The largest absolute Gasteiger partial charge is 0.497 e. The molecule has 150 valence electrons. The summed E-state index contributed by atoms with van der Waals surface area (Å²) < 4.78 is 10.4. The highest BCUT2D eigenvalue weighted by Crippen LogP contribution is 2.23. The molecule has 2 aromatic rings. The van der Waals surface area contributed by atoms with Crippen molar-refractivity contribution in [2.75, 3.05) is 26.1 Å². The van der Waals surface area contributed by atoms with Gasteiger partial charge in [-0.15, -0.1) is 0 Å². The van der Waals surface area contributed by atoms with Gasteiger partial charge in [0.05, 0.1) is 20.8 Å². The molecule has 2 aromatic carbocycles. The van der Waals surface area contributed by atoms with Crippen molar-refractivity contribution in [2.45, 2.75) is 26.7 Å². The number of hydrogen-bond donors (Lipinski definition) is 3. The number of methoxy groups -OCH3 is 2. The molecule has 0 bridgehead atoms. The van der Waals surface area contributed by atoms with Crippen molar-refractivity contribution < 1.29 is 19.1 Å². The van der Waals surface area contributed by atoms with Gasteiger partial charge in [-0.05, 0) is 49.6 Å². The third kappa shape index (κ3) is 6.50. The molecule has 0 unspecified atom stereocenters. The second kappa shape index (κ2) is 10.2. The number of hydrogen-bond acceptors (Lipinski definition) is 5. The van der Waals surface area contributed by atoms with E-state index in [-0.39, 0.29) is 24.8 Å². The minimum Gasteiger partial charge on any atom is -0.497 e. The van der Waals surface area contributed by atoms with Crippen LogP contribution in [0.1, 0.15) is 23.1 Å². The molecule has 0 heterocycles. The first-order chi connectivity index (χ1) is 13.4. The monoisotopic (exact) mass is 385 g/mol. The van der Waals surface area contributed by atoms with Crippen LogP contribution in [0.15, 0.2) is 36.4 Å². The molecule has 0 aliphatic carbocycles. The van der Waals surface area contributed by atoms with Crippen LogP contribution in [0.5, 0.6) is 11.5 Å². The van der Waals surface area contributed by atoms with Crippen molar-refractivity contribution in [1.29, 1.82) is 0 Å². The fourth-order valence-corrected chi connectivity index (χ4v) is 2.70. The van der Waals surface area contributed by atoms with Crippen molar-refractivity contribution >= 4 is 17.5 Å². The number of aryl methyl sites for hydroxylation is 3. The molecule has 0 saturated carbocycles. The molecule has 2 amide bonds. The fraction of sp³-hybridized carbons (Fsp3) is 0.333. The lowest BCUT2D eigenvalue weighted by Gasteiger charge is -2.12. The normalized spacial score (nSPS) is 10.1. The molecule has 7 nitrogen and oxygen atoms in total. The minimum atomic E-state index is -0.323. The van der Waals surface area contributed by atoms with Crippen LogP contribution in [0.4, 0.5) is 5.69 Å². The van der Waals surface area contributed by atoms with E-state index in [1.165, 1.54) is 0 Å². The number of nitrogens with one attached hydrogen (secondary N) is 3. The van der Waals surface area contributed by atoms with Gasteiger partial charge < -0.3 is 14.8 Å². The molecule has 0 radical (unpaired) electrons. The third-order valence-corrected chi connectivity index (χ3v) is 4.21. The van der Waals surface area contributed by atoms with Gasteiger partial charge in [0.15, 0.2) is 0 Å². The molecule has 0 fully saturated rings. The average molecular weight is 385 g/mol. The van der Waals surface area contributed by atoms with E-state index >= 15 is 0 Å². The topological polar surface area (TPSA) is 88.7 Å². The molecule has 7 heteroatoms. The summed E-state index contributed by atoms with van der Waals surface area (Å²) in [6.45, 7) is 4.06. The number of ether oxygens (including phenoxy) is 2. The molecular weight excluding hydrogens is 358 g/mol. The Hall–Kier alpha value is -3.22. The molecule has 28 heavy (non-hydrogen) atoms. The van der Waals surface area contributed by atoms with E-state index in [4.69, 9.17) is 9.47 Å². The first-order valence-corrected chi connectivity index (χ1v) is 9.02. The summed E-state index contributed by atoms with van der Waals surface area (Å²) in [4.78, 5) is 23.9. The lowest BCUT2D eigenvalue weighted by atomic mass is 10.1. The van der Waals surface area contributed by atoms with Crippen LogP contribution in [0.3, 0.4) is 0 Å². The molecule has 3 N–H and O–H groups in total. The molecule has 0 aliphatic rings. The maximum atomic E-state index is 12.0. The highest BCUT2D eigenvalue weighted by atomic mass is 16.5. The molecule has 0 aromatic heterocycles. The molecule has 0 aliphatic heterocycles. The summed E-state index contributed by atoms with van der Waals surface area (Å²) in [5, 5.41) is 3.06. The van der Waals surface area contributed by atoms with Crippen LogP contribution in [-0.4, -0.2) is 32.6 Å². The number of rotatable bonds is 8. The van der Waals surface area contributed by atoms with Gasteiger partial charge in [0.1, 0.15) is 11.5 Å². The van der Waals surface area contributed by atoms with Crippen molar-refractivity contribution in [3.05, 3.63) is 53.1 Å². The van der Waals surface area contributed by atoms with Crippen LogP contribution >= 0.6 is 0 Å². The second-order valence-electron chi connectivity index (χ2n) is 6.49. The lowest BCUT2D eigenvalue weighted by Crippen LogP contribution is -2.44. The predicted molar refractivity (Wildman–Crippen MR) is 109 cm³/mol. The van der Waals surface area contributed by atoms with Gasteiger partial charge in [0.2, 0.25) is 5.91 Å². The van der Waals surface area contributed by atoms with E-state index in [1.807, 2.05) is 44.2 Å². The highest BCUT2D eigenvalue weighted by Gasteiger charge is 2.08. The van der Waals surface area contributed by atoms with Gasteiger partial charge in [0.25, 0.3) is 5.91 Å². The summed E-state index contributed by atoms with van der Waals surface area (Å²) in [5.74, 6) is 0.735. The van der Waals surface area contributed by atoms with Gasteiger partial charge in [-0.25, -0.2) is 0 Å². The minimum absolute atomic E-state index is 0.0667. The second-order valence-corrected chi connectivity index (χ2v) is 6.49. The predicted octanol–water partition coefficient (Wildman–Crippen LogP) is 2.51. The Balaban J connectivity index is 1.75. The van der Waals surface area contributed by atoms with Crippen LogP contribution in [-0.2, 0) is 16.0 Å². The Morgan fingerprint density at radius 3 is 2.14 bits per heavy atom. The van der Waals surface area contributed by atoms with Gasteiger partial charge in [-0.3, -0.25) is 20.4 Å². The smallest absolute Gasteiger partial charge is 0.257 e. The molecular formula is C21H27N3O4. The van der Waals surface area contributed by atoms with E-state index in [0.717, 1.165) is 22.4 Å². The Bertz CT molecular complexity index is 814. The van der Waals surface area contributed by atoms with Crippen LogP contribution in [0, 0.1) is 13.8 Å². The number of hydrazine groups is 1. The maximum absolute atomic E-state index is 12.0. The Morgan fingerprint density at radius 2 is 1.54 bits per heavy atom. The van der Waals surface area contributed by atoms with E-state index in [0.29, 0.717) is 17.9 Å². The van der Waals surface area contributed by atoms with Gasteiger partial charge >= 0.3 is 0 Å². The Morgan fingerprint density at radius 1 is 0.893 bits per heavy atom. The third-order valence-electron chi connectivity index (χ3n) is 4.21. The number of amides is 2. The quantitative estimate of drug-likeness (QED) is 0.608. The van der Waals surface area contributed by atoms with Crippen molar-refractivity contribution in [2.24, 2.45) is 0 Å². The summed E-state index contributed by atoms with van der Waals surface area (Å²) >= 11 is 0. The molecule has 0 atom stereocenters. The first kappa shape index (κ1) is 21.1. The van der Waals surface area contributed by atoms with E-state index < -0.39 is 0 Å². The number of anilines is 1. The zero-order chi connectivity index (χ0) is 20.5. The van der Waals surface area contributed by atoms with Crippen molar-refractivity contribution in [3.63, 3.8) is 0 Å². The molecule has 2 rings (SSSR count). The van der Waals surface area contributed by atoms with Crippen LogP contribution < -0.4 is 25.6 Å².